The molecule has 0 unspecified atom stereocenters. The van der Waals surface area contributed by atoms with Gasteiger partial charge in [0.15, 0.2) is 6.61 Å². The smallest absolute Gasteiger partial charge is 0.341 e. The number of carbonyl (C=O) groups is 2. The normalized spacial score (nSPS) is 10.1. The quantitative estimate of drug-likeness (QED) is 0.838. The molecule has 114 valence electrons. The molecule has 4 nitrogen and oxygen atoms in total. The predicted octanol–water partition coefficient (Wildman–Crippen LogP) is 3.52. The third-order valence-corrected chi connectivity index (χ3v) is 3.09. The zero-order chi connectivity index (χ0) is 16.1. The van der Waals surface area contributed by atoms with E-state index in [2.05, 4.69) is 21.2 Å². The molecule has 1 amide bonds. The summed E-state index contributed by atoms with van der Waals surface area (Å²) in [5.41, 5.74) is -0.0439. The van der Waals surface area contributed by atoms with Crippen LogP contribution >= 0.6 is 15.9 Å². The number of anilines is 1. The molecule has 0 spiro atoms. The standard InChI is InChI=1S/C15H10BrF2NO3/c16-9-4-5-12(13(18)6-9)15(21)22-8-14(20)19-11-3-1-2-10(17)7-11/h1-7H,8H2,(H,19,20). The van der Waals surface area contributed by atoms with Gasteiger partial charge >= 0.3 is 5.97 Å². The molecule has 0 bridgehead atoms. The van der Waals surface area contributed by atoms with E-state index in [4.69, 9.17) is 4.74 Å². The van der Waals surface area contributed by atoms with Crippen molar-refractivity contribution in [1.29, 1.82) is 0 Å². The fourth-order valence-electron chi connectivity index (χ4n) is 1.63. The summed E-state index contributed by atoms with van der Waals surface area (Å²) in [6, 6.07) is 9.09. The molecule has 2 rings (SSSR count). The van der Waals surface area contributed by atoms with E-state index >= 15 is 0 Å². The molecule has 2 aromatic rings. The molecular weight excluding hydrogens is 360 g/mol. The molecule has 0 saturated heterocycles. The molecule has 2 aromatic carbocycles. The van der Waals surface area contributed by atoms with Crippen LogP contribution in [0.4, 0.5) is 14.5 Å². The number of amides is 1. The van der Waals surface area contributed by atoms with Gasteiger partial charge in [-0.3, -0.25) is 4.79 Å². The van der Waals surface area contributed by atoms with Gasteiger partial charge in [-0.1, -0.05) is 22.0 Å². The number of carbonyl (C=O) groups excluding carboxylic acids is 2. The second kappa shape index (κ2) is 7.13. The van der Waals surface area contributed by atoms with Gasteiger partial charge in [0.25, 0.3) is 5.91 Å². The lowest BCUT2D eigenvalue weighted by atomic mass is 10.2. The highest BCUT2D eigenvalue weighted by Gasteiger charge is 2.15. The summed E-state index contributed by atoms with van der Waals surface area (Å²) < 4.78 is 31.7. The van der Waals surface area contributed by atoms with Gasteiger partial charge in [0.1, 0.15) is 11.6 Å². The van der Waals surface area contributed by atoms with Gasteiger partial charge in [-0.15, -0.1) is 0 Å². The molecule has 0 aliphatic heterocycles. The molecule has 1 N–H and O–H groups in total. The largest absolute Gasteiger partial charge is 0.452 e. The highest BCUT2D eigenvalue weighted by molar-refractivity contribution is 9.10. The fourth-order valence-corrected chi connectivity index (χ4v) is 1.96. The minimum atomic E-state index is -0.959. The van der Waals surface area contributed by atoms with Crippen LogP contribution in [-0.4, -0.2) is 18.5 Å². The van der Waals surface area contributed by atoms with E-state index in [-0.39, 0.29) is 11.3 Å². The first-order valence-electron chi connectivity index (χ1n) is 6.13. The second-order valence-electron chi connectivity index (χ2n) is 4.26. The van der Waals surface area contributed by atoms with Crippen LogP contribution in [0.25, 0.3) is 0 Å². The Morgan fingerprint density at radius 3 is 2.59 bits per heavy atom. The maximum atomic E-state index is 13.5. The molecule has 0 heterocycles. The Bertz CT molecular complexity index is 722. The van der Waals surface area contributed by atoms with Crippen molar-refractivity contribution in [2.75, 3.05) is 11.9 Å². The number of rotatable bonds is 4. The summed E-state index contributed by atoms with van der Waals surface area (Å²) in [6.07, 6.45) is 0. The van der Waals surface area contributed by atoms with E-state index < -0.39 is 30.1 Å². The van der Waals surface area contributed by atoms with E-state index in [1.165, 1.54) is 30.3 Å². The molecule has 0 aromatic heterocycles. The van der Waals surface area contributed by atoms with E-state index in [0.29, 0.717) is 4.47 Å². The molecule has 0 aliphatic carbocycles. The lowest BCUT2D eigenvalue weighted by Crippen LogP contribution is -2.21. The van der Waals surface area contributed by atoms with E-state index in [0.717, 1.165) is 12.1 Å². The first-order valence-corrected chi connectivity index (χ1v) is 6.92. The summed E-state index contributed by atoms with van der Waals surface area (Å²) in [5, 5.41) is 2.36. The number of esters is 1. The first kappa shape index (κ1) is 16.1. The van der Waals surface area contributed by atoms with Crippen molar-refractivity contribution in [1.82, 2.24) is 0 Å². The van der Waals surface area contributed by atoms with Crippen molar-refractivity contribution in [2.24, 2.45) is 0 Å². The van der Waals surface area contributed by atoms with Crippen molar-refractivity contribution in [3.63, 3.8) is 0 Å². The zero-order valence-electron chi connectivity index (χ0n) is 11.1. The van der Waals surface area contributed by atoms with Gasteiger partial charge in [0, 0.05) is 10.2 Å². The third-order valence-electron chi connectivity index (χ3n) is 2.59. The lowest BCUT2D eigenvalue weighted by molar-refractivity contribution is -0.119. The van der Waals surface area contributed by atoms with Crippen molar-refractivity contribution in [3.05, 3.63) is 64.1 Å². The summed E-state index contributed by atoms with van der Waals surface area (Å²) in [7, 11) is 0. The molecule has 22 heavy (non-hydrogen) atoms. The van der Waals surface area contributed by atoms with Crippen molar-refractivity contribution < 1.29 is 23.1 Å². The topological polar surface area (TPSA) is 55.4 Å². The predicted molar refractivity (Wildman–Crippen MR) is 79.4 cm³/mol. The molecule has 0 radical (unpaired) electrons. The highest BCUT2D eigenvalue weighted by Crippen LogP contribution is 2.16. The van der Waals surface area contributed by atoms with Crippen LogP contribution in [-0.2, 0) is 9.53 Å². The van der Waals surface area contributed by atoms with Gasteiger partial charge < -0.3 is 10.1 Å². The van der Waals surface area contributed by atoms with Gasteiger partial charge in [-0.2, -0.15) is 0 Å². The number of halogens is 3. The Labute approximate surface area is 133 Å². The molecular formula is C15H10BrF2NO3. The second-order valence-corrected chi connectivity index (χ2v) is 5.17. The Balaban J connectivity index is 1.92. The van der Waals surface area contributed by atoms with Gasteiger partial charge in [-0.25, -0.2) is 13.6 Å². The molecule has 0 aliphatic rings. The number of hydrogen-bond donors (Lipinski definition) is 1. The average Bonchev–Trinajstić information content (AvgIpc) is 2.45. The zero-order valence-corrected chi connectivity index (χ0v) is 12.7. The van der Waals surface area contributed by atoms with E-state index in [9.17, 15) is 18.4 Å². The average molecular weight is 370 g/mol. The van der Waals surface area contributed by atoms with E-state index in [1.807, 2.05) is 0 Å². The van der Waals surface area contributed by atoms with Gasteiger partial charge in [0.05, 0.1) is 5.56 Å². The molecule has 0 fully saturated rings. The lowest BCUT2D eigenvalue weighted by Gasteiger charge is -2.07. The van der Waals surface area contributed by atoms with Crippen molar-refractivity contribution >= 4 is 33.5 Å². The van der Waals surface area contributed by atoms with Crippen molar-refractivity contribution in [2.45, 2.75) is 0 Å². The fraction of sp³-hybridized carbons (Fsp3) is 0.0667. The highest BCUT2D eigenvalue weighted by atomic mass is 79.9. The van der Waals surface area contributed by atoms with Crippen LogP contribution in [0, 0.1) is 11.6 Å². The summed E-state index contributed by atoms with van der Waals surface area (Å²) >= 11 is 3.06. The van der Waals surface area contributed by atoms with Crippen LogP contribution in [0.1, 0.15) is 10.4 Å². The van der Waals surface area contributed by atoms with Crippen molar-refractivity contribution in [3.8, 4) is 0 Å². The van der Waals surface area contributed by atoms with Crippen LogP contribution in [0.3, 0.4) is 0 Å². The third kappa shape index (κ3) is 4.36. The summed E-state index contributed by atoms with van der Waals surface area (Å²) in [5.74, 6) is -2.88. The first-order chi connectivity index (χ1) is 10.5. The van der Waals surface area contributed by atoms with Gasteiger partial charge in [0.2, 0.25) is 0 Å². The Kier molecular flexibility index (Phi) is 5.21. The SMILES string of the molecule is O=C(COC(=O)c1ccc(Br)cc1F)Nc1cccc(F)c1. The Morgan fingerprint density at radius 2 is 1.91 bits per heavy atom. The molecule has 0 atom stereocenters. The summed E-state index contributed by atoms with van der Waals surface area (Å²) in [4.78, 5) is 23.3. The Morgan fingerprint density at radius 1 is 1.14 bits per heavy atom. The van der Waals surface area contributed by atoms with Crippen LogP contribution in [0.5, 0.6) is 0 Å². The maximum Gasteiger partial charge on any atom is 0.341 e. The minimum absolute atomic E-state index is 0.232. The van der Waals surface area contributed by atoms with E-state index in [1.54, 1.807) is 0 Å². The van der Waals surface area contributed by atoms with Crippen LogP contribution < -0.4 is 5.32 Å². The number of ether oxygens (including phenoxy) is 1. The monoisotopic (exact) mass is 369 g/mol. The molecule has 7 heteroatoms. The minimum Gasteiger partial charge on any atom is -0.452 e. The Hall–Kier alpha value is -2.28. The van der Waals surface area contributed by atoms with Crippen LogP contribution in [0.2, 0.25) is 0 Å². The van der Waals surface area contributed by atoms with Gasteiger partial charge in [-0.05, 0) is 36.4 Å². The molecule has 0 saturated carbocycles. The number of nitrogens with one attached hydrogen (secondary N) is 1. The maximum absolute atomic E-state index is 13.5. The number of benzene rings is 2. The van der Waals surface area contributed by atoms with Crippen LogP contribution in [0.15, 0.2) is 46.9 Å². The number of hydrogen-bond acceptors (Lipinski definition) is 3. The summed E-state index contributed by atoms with van der Waals surface area (Å²) in [6.45, 7) is -0.606.